The molecular weight excluding hydrogens is 363 g/mol. The highest BCUT2D eigenvalue weighted by atomic mass is 19.1. The first-order valence-electron chi connectivity index (χ1n) is 9.01. The summed E-state index contributed by atoms with van der Waals surface area (Å²) >= 11 is 0. The molecule has 1 heterocycles. The van der Waals surface area contributed by atoms with Crippen LogP contribution in [0.5, 0.6) is 5.75 Å². The number of halogens is 1. The van der Waals surface area contributed by atoms with E-state index in [1.807, 2.05) is 6.92 Å². The van der Waals surface area contributed by atoms with Gasteiger partial charge in [-0.15, -0.1) is 0 Å². The Morgan fingerprint density at radius 2 is 1.75 bits per heavy atom. The highest BCUT2D eigenvalue weighted by molar-refractivity contribution is 6.21. The predicted molar refractivity (Wildman–Crippen MR) is 100 cm³/mol. The largest absolute Gasteiger partial charge is 0.494 e. The van der Waals surface area contributed by atoms with E-state index in [-0.39, 0.29) is 43.0 Å². The number of amides is 3. The van der Waals surface area contributed by atoms with E-state index in [9.17, 15) is 18.8 Å². The highest BCUT2D eigenvalue weighted by Gasteiger charge is 2.35. The van der Waals surface area contributed by atoms with E-state index >= 15 is 0 Å². The van der Waals surface area contributed by atoms with E-state index in [1.165, 1.54) is 19.2 Å². The third kappa shape index (κ3) is 3.74. The Kier molecular flexibility index (Phi) is 5.73. The molecule has 2 aromatic carbocycles. The van der Waals surface area contributed by atoms with Crippen molar-refractivity contribution in [1.82, 2.24) is 9.80 Å². The third-order valence-corrected chi connectivity index (χ3v) is 4.75. The molecule has 2 aromatic rings. The van der Waals surface area contributed by atoms with E-state index in [2.05, 4.69) is 0 Å². The number of hydrogen-bond donors (Lipinski definition) is 0. The molecule has 0 atom stereocenters. The molecular formula is C21H21FN2O4. The van der Waals surface area contributed by atoms with Gasteiger partial charge in [0.25, 0.3) is 11.8 Å². The van der Waals surface area contributed by atoms with Gasteiger partial charge >= 0.3 is 0 Å². The Bertz CT molecular complexity index is 893. The van der Waals surface area contributed by atoms with Gasteiger partial charge in [0.05, 0.1) is 18.2 Å². The molecule has 0 aliphatic carbocycles. The number of carbonyl (C=O) groups excluding carboxylic acids is 3. The molecule has 1 aliphatic heterocycles. The van der Waals surface area contributed by atoms with Gasteiger partial charge in [-0.25, -0.2) is 4.39 Å². The summed E-state index contributed by atoms with van der Waals surface area (Å²) in [5.74, 6) is -1.32. The van der Waals surface area contributed by atoms with Gasteiger partial charge < -0.3 is 9.64 Å². The smallest absolute Gasteiger partial charge is 0.261 e. The lowest BCUT2D eigenvalue weighted by atomic mass is 10.1. The number of fused-ring (bicyclic) bond motifs is 1. The van der Waals surface area contributed by atoms with Crippen LogP contribution in [0.15, 0.2) is 42.5 Å². The quantitative estimate of drug-likeness (QED) is 0.689. The topological polar surface area (TPSA) is 66.9 Å². The molecule has 146 valence electrons. The molecule has 0 N–H and O–H groups in total. The first-order chi connectivity index (χ1) is 13.5. The molecule has 0 unspecified atom stereocenters. The van der Waals surface area contributed by atoms with E-state index in [1.54, 1.807) is 35.2 Å². The minimum atomic E-state index is -0.491. The van der Waals surface area contributed by atoms with Crippen molar-refractivity contribution in [3.05, 3.63) is 65.0 Å². The van der Waals surface area contributed by atoms with Crippen molar-refractivity contribution < 1.29 is 23.5 Å². The molecule has 0 saturated heterocycles. The lowest BCUT2D eigenvalue weighted by Crippen LogP contribution is -2.36. The lowest BCUT2D eigenvalue weighted by molar-refractivity contribution is -0.131. The number of hydrogen-bond acceptors (Lipinski definition) is 4. The fraction of sp³-hybridized carbons (Fsp3) is 0.286. The molecule has 1 aliphatic rings. The molecule has 0 spiro atoms. The van der Waals surface area contributed by atoms with E-state index in [0.717, 1.165) is 4.90 Å². The summed E-state index contributed by atoms with van der Waals surface area (Å²) in [6.45, 7) is 2.49. The van der Waals surface area contributed by atoms with Gasteiger partial charge in [-0.3, -0.25) is 19.3 Å². The fourth-order valence-electron chi connectivity index (χ4n) is 3.21. The van der Waals surface area contributed by atoms with Crippen molar-refractivity contribution in [2.75, 3.05) is 20.2 Å². The van der Waals surface area contributed by atoms with E-state index in [0.29, 0.717) is 23.2 Å². The molecule has 0 fully saturated rings. The zero-order chi connectivity index (χ0) is 20.3. The van der Waals surface area contributed by atoms with Crippen LogP contribution in [-0.2, 0) is 11.3 Å². The van der Waals surface area contributed by atoms with Gasteiger partial charge in [0.15, 0.2) is 11.6 Å². The molecule has 3 amide bonds. The number of benzene rings is 2. The number of carbonyl (C=O) groups is 3. The van der Waals surface area contributed by atoms with Crippen LogP contribution in [-0.4, -0.2) is 47.7 Å². The summed E-state index contributed by atoms with van der Waals surface area (Å²) < 4.78 is 18.8. The first kappa shape index (κ1) is 19.5. The second-order valence-corrected chi connectivity index (χ2v) is 6.43. The van der Waals surface area contributed by atoms with E-state index in [4.69, 9.17) is 4.74 Å². The molecule has 28 heavy (non-hydrogen) atoms. The summed E-state index contributed by atoms with van der Waals surface area (Å²) in [5, 5.41) is 0. The van der Waals surface area contributed by atoms with Crippen molar-refractivity contribution >= 4 is 17.7 Å². The average Bonchev–Trinajstić information content (AvgIpc) is 2.95. The normalized spacial score (nSPS) is 12.9. The summed E-state index contributed by atoms with van der Waals surface area (Å²) in [7, 11) is 1.39. The zero-order valence-corrected chi connectivity index (χ0v) is 15.8. The molecule has 0 radical (unpaired) electrons. The van der Waals surface area contributed by atoms with Crippen LogP contribution in [0.1, 0.15) is 39.6 Å². The summed E-state index contributed by atoms with van der Waals surface area (Å²) in [4.78, 5) is 40.0. The Labute approximate surface area is 162 Å². The maximum absolute atomic E-state index is 13.9. The Hall–Kier alpha value is -3.22. The fourth-order valence-corrected chi connectivity index (χ4v) is 3.21. The number of rotatable bonds is 7. The van der Waals surface area contributed by atoms with Crippen molar-refractivity contribution in [3.63, 3.8) is 0 Å². The Morgan fingerprint density at radius 1 is 1.11 bits per heavy atom. The minimum absolute atomic E-state index is 0.0119. The van der Waals surface area contributed by atoms with Crippen molar-refractivity contribution in [3.8, 4) is 5.75 Å². The number of nitrogens with zero attached hydrogens (tertiary/aromatic N) is 2. The van der Waals surface area contributed by atoms with Gasteiger partial charge in [-0.1, -0.05) is 18.2 Å². The zero-order valence-electron chi connectivity index (χ0n) is 15.8. The summed E-state index contributed by atoms with van der Waals surface area (Å²) in [6.07, 6.45) is 0.0119. The van der Waals surface area contributed by atoms with Crippen LogP contribution in [0.3, 0.4) is 0 Å². The minimum Gasteiger partial charge on any atom is -0.494 e. The maximum Gasteiger partial charge on any atom is 0.261 e. The van der Waals surface area contributed by atoms with Gasteiger partial charge in [0, 0.05) is 26.1 Å². The molecule has 7 heteroatoms. The van der Waals surface area contributed by atoms with Crippen LogP contribution in [0, 0.1) is 5.82 Å². The van der Waals surface area contributed by atoms with Crippen LogP contribution in [0.2, 0.25) is 0 Å². The second-order valence-electron chi connectivity index (χ2n) is 6.43. The SMILES string of the molecule is CCN(Cc1ccc(OC)c(F)c1)C(=O)CCN1C(=O)c2ccccc2C1=O. The van der Waals surface area contributed by atoms with Crippen molar-refractivity contribution in [2.24, 2.45) is 0 Å². The number of methoxy groups -OCH3 is 1. The van der Waals surface area contributed by atoms with Crippen LogP contribution in [0.25, 0.3) is 0 Å². The lowest BCUT2D eigenvalue weighted by Gasteiger charge is -2.22. The average molecular weight is 384 g/mol. The molecule has 0 saturated carbocycles. The van der Waals surface area contributed by atoms with Crippen molar-refractivity contribution in [1.29, 1.82) is 0 Å². The number of ether oxygens (including phenoxy) is 1. The van der Waals surface area contributed by atoms with Crippen LogP contribution in [0.4, 0.5) is 4.39 Å². The number of imide groups is 1. The van der Waals surface area contributed by atoms with Crippen molar-refractivity contribution in [2.45, 2.75) is 19.9 Å². The molecule has 0 aromatic heterocycles. The van der Waals surface area contributed by atoms with Gasteiger partial charge in [-0.05, 0) is 36.8 Å². The van der Waals surface area contributed by atoms with Gasteiger partial charge in [0.2, 0.25) is 5.91 Å². The molecule has 6 nitrogen and oxygen atoms in total. The van der Waals surface area contributed by atoms with Gasteiger partial charge in [-0.2, -0.15) is 0 Å². The molecule has 3 rings (SSSR count). The predicted octanol–water partition coefficient (Wildman–Crippen LogP) is 2.87. The third-order valence-electron chi connectivity index (χ3n) is 4.75. The van der Waals surface area contributed by atoms with E-state index < -0.39 is 5.82 Å². The summed E-state index contributed by atoms with van der Waals surface area (Å²) in [5.41, 5.74) is 1.36. The second kappa shape index (κ2) is 8.21. The highest BCUT2D eigenvalue weighted by Crippen LogP contribution is 2.23. The standard InChI is InChI=1S/C21H21FN2O4/c1-3-23(13-14-8-9-18(28-2)17(22)12-14)19(25)10-11-24-20(26)15-6-4-5-7-16(15)21(24)27/h4-9,12H,3,10-11,13H2,1-2H3. The molecule has 0 bridgehead atoms. The van der Waals surface area contributed by atoms with Crippen LogP contribution >= 0.6 is 0 Å². The van der Waals surface area contributed by atoms with Crippen LogP contribution < -0.4 is 4.74 Å². The monoisotopic (exact) mass is 384 g/mol. The maximum atomic E-state index is 13.9. The summed E-state index contributed by atoms with van der Waals surface area (Å²) in [6, 6.07) is 11.2. The van der Waals surface area contributed by atoms with Gasteiger partial charge in [0.1, 0.15) is 0 Å². The first-order valence-corrected chi connectivity index (χ1v) is 9.01. The Morgan fingerprint density at radius 3 is 2.29 bits per heavy atom. The Balaban J connectivity index is 1.63.